The summed E-state index contributed by atoms with van der Waals surface area (Å²) in [7, 11) is 0. The van der Waals surface area contributed by atoms with Crippen molar-refractivity contribution in [3.63, 3.8) is 0 Å². The summed E-state index contributed by atoms with van der Waals surface area (Å²) >= 11 is 5.42. The Bertz CT molecular complexity index is 376. The van der Waals surface area contributed by atoms with Crippen molar-refractivity contribution in [3.8, 4) is 0 Å². The lowest BCUT2D eigenvalue weighted by Crippen LogP contribution is -2.22. The number of primary amides is 1. The third-order valence-electron chi connectivity index (χ3n) is 2.05. The molecule has 0 aliphatic heterocycles. The maximum atomic E-state index is 11.1. The quantitative estimate of drug-likeness (QED) is 0.755. The molecule has 1 aromatic rings. The Labute approximate surface area is 98.8 Å². The molecular formula is C11H13ClN2O2. The van der Waals surface area contributed by atoms with Gasteiger partial charge in [0.25, 0.3) is 0 Å². The van der Waals surface area contributed by atoms with Crippen LogP contribution in [0.3, 0.4) is 0 Å². The van der Waals surface area contributed by atoms with Crippen LogP contribution in [0.1, 0.15) is 22.3 Å². The number of hydrogen-bond donors (Lipinski definition) is 2. The molecule has 1 aromatic carbocycles. The first-order chi connectivity index (χ1) is 7.63. The van der Waals surface area contributed by atoms with Gasteiger partial charge in [0.05, 0.1) is 0 Å². The molecule has 0 aliphatic rings. The Morgan fingerprint density at radius 2 is 1.88 bits per heavy atom. The highest BCUT2D eigenvalue weighted by Crippen LogP contribution is 2.03. The number of nitrogens with one attached hydrogen (secondary N) is 1. The Kier molecular flexibility index (Phi) is 4.79. The molecule has 4 nitrogen and oxygen atoms in total. The Morgan fingerprint density at radius 3 is 2.38 bits per heavy atom. The molecule has 0 fully saturated rings. The first-order valence-electron chi connectivity index (χ1n) is 4.85. The van der Waals surface area contributed by atoms with E-state index in [1.54, 1.807) is 24.3 Å². The van der Waals surface area contributed by atoms with Gasteiger partial charge in [0.2, 0.25) is 11.8 Å². The van der Waals surface area contributed by atoms with Crippen molar-refractivity contribution in [1.29, 1.82) is 0 Å². The molecule has 0 saturated heterocycles. The summed E-state index contributed by atoms with van der Waals surface area (Å²) in [5.41, 5.74) is 6.47. The maximum absolute atomic E-state index is 11.1. The molecule has 2 amide bonds. The smallest absolute Gasteiger partial charge is 0.248 e. The van der Waals surface area contributed by atoms with Crippen molar-refractivity contribution in [2.45, 2.75) is 13.0 Å². The summed E-state index contributed by atoms with van der Waals surface area (Å²) in [5, 5.41) is 2.71. The van der Waals surface area contributed by atoms with Gasteiger partial charge in [-0.15, -0.1) is 11.6 Å². The number of carbonyl (C=O) groups is 2. The highest BCUT2D eigenvalue weighted by atomic mass is 35.5. The highest BCUT2D eigenvalue weighted by Gasteiger charge is 2.02. The molecule has 86 valence electrons. The van der Waals surface area contributed by atoms with Crippen LogP contribution < -0.4 is 11.1 Å². The van der Waals surface area contributed by atoms with Crippen LogP contribution >= 0.6 is 11.6 Å². The minimum absolute atomic E-state index is 0.0889. The van der Waals surface area contributed by atoms with Crippen molar-refractivity contribution in [2.24, 2.45) is 5.73 Å². The van der Waals surface area contributed by atoms with Gasteiger partial charge in [-0.25, -0.2) is 0 Å². The molecule has 0 atom stereocenters. The molecule has 5 heteroatoms. The largest absolute Gasteiger partial charge is 0.366 e. The molecule has 0 radical (unpaired) electrons. The Balaban J connectivity index is 2.49. The van der Waals surface area contributed by atoms with Gasteiger partial charge >= 0.3 is 0 Å². The zero-order valence-corrected chi connectivity index (χ0v) is 9.46. The minimum atomic E-state index is -0.460. The van der Waals surface area contributed by atoms with Crippen LogP contribution in [0.25, 0.3) is 0 Å². The van der Waals surface area contributed by atoms with E-state index in [4.69, 9.17) is 17.3 Å². The van der Waals surface area contributed by atoms with E-state index in [0.29, 0.717) is 24.4 Å². The maximum Gasteiger partial charge on any atom is 0.248 e. The number of benzene rings is 1. The third-order valence-corrected chi connectivity index (χ3v) is 2.24. The van der Waals surface area contributed by atoms with Crippen molar-refractivity contribution < 1.29 is 9.59 Å². The van der Waals surface area contributed by atoms with E-state index in [1.807, 2.05) is 0 Å². The second-order valence-electron chi connectivity index (χ2n) is 3.28. The van der Waals surface area contributed by atoms with Crippen molar-refractivity contribution in [2.75, 3.05) is 5.88 Å². The fraction of sp³-hybridized carbons (Fsp3) is 0.273. The van der Waals surface area contributed by atoms with E-state index >= 15 is 0 Å². The van der Waals surface area contributed by atoms with Crippen LogP contribution in [-0.4, -0.2) is 17.7 Å². The highest BCUT2D eigenvalue weighted by molar-refractivity contribution is 6.18. The fourth-order valence-electron chi connectivity index (χ4n) is 1.16. The van der Waals surface area contributed by atoms with Crippen molar-refractivity contribution >= 4 is 23.4 Å². The number of rotatable bonds is 5. The average Bonchev–Trinajstić information content (AvgIpc) is 2.27. The molecule has 3 N–H and O–H groups in total. The lowest BCUT2D eigenvalue weighted by atomic mass is 10.1. The molecule has 0 aliphatic carbocycles. The lowest BCUT2D eigenvalue weighted by Gasteiger charge is -2.04. The standard InChI is InChI=1S/C11H13ClN2O2/c12-6-5-10(15)14-7-8-1-3-9(4-2-8)11(13)16/h1-4H,5-7H2,(H2,13,16)(H,14,15). The van der Waals surface area contributed by atoms with Gasteiger partial charge in [-0.05, 0) is 17.7 Å². The van der Waals surface area contributed by atoms with E-state index in [1.165, 1.54) is 0 Å². The van der Waals surface area contributed by atoms with Crippen LogP contribution in [0.4, 0.5) is 0 Å². The number of nitrogens with two attached hydrogens (primary N) is 1. The predicted octanol–water partition coefficient (Wildman–Crippen LogP) is 1.03. The zero-order valence-electron chi connectivity index (χ0n) is 8.70. The summed E-state index contributed by atoms with van der Waals surface area (Å²) < 4.78 is 0. The monoisotopic (exact) mass is 240 g/mol. The van der Waals surface area contributed by atoms with Gasteiger partial charge in [0.15, 0.2) is 0 Å². The molecule has 0 bridgehead atoms. The van der Waals surface area contributed by atoms with Crippen LogP contribution in [0.5, 0.6) is 0 Å². The number of carbonyl (C=O) groups excluding carboxylic acids is 2. The predicted molar refractivity (Wildman–Crippen MR) is 62.1 cm³/mol. The van der Waals surface area contributed by atoms with Gasteiger partial charge < -0.3 is 11.1 Å². The molecule has 0 heterocycles. The second kappa shape index (κ2) is 6.12. The number of amides is 2. The number of alkyl halides is 1. The first-order valence-corrected chi connectivity index (χ1v) is 5.38. The molecule has 16 heavy (non-hydrogen) atoms. The van der Waals surface area contributed by atoms with E-state index in [9.17, 15) is 9.59 Å². The lowest BCUT2D eigenvalue weighted by molar-refractivity contribution is -0.120. The van der Waals surface area contributed by atoms with E-state index < -0.39 is 5.91 Å². The first kappa shape index (κ1) is 12.5. The number of halogens is 1. The summed E-state index contributed by atoms with van der Waals surface area (Å²) in [6.45, 7) is 0.425. The summed E-state index contributed by atoms with van der Waals surface area (Å²) in [4.78, 5) is 21.9. The fourth-order valence-corrected chi connectivity index (χ4v) is 1.33. The summed E-state index contributed by atoms with van der Waals surface area (Å²) in [5.74, 6) is -0.237. The van der Waals surface area contributed by atoms with Crippen LogP contribution in [-0.2, 0) is 11.3 Å². The SMILES string of the molecule is NC(=O)c1ccc(CNC(=O)CCCl)cc1. The third kappa shape index (κ3) is 3.90. The van der Waals surface area contributed by atoms with Gasteiger partial charge in [-0.2, -0.15) is 0 Å². The topological polar surface area (TPSA) is 72.2 Å². The van der Waals surface area contributed by atoms with Gasteiger partial charge in [0.1, 0.15) is 0 Å². The second-order valence-corrected chi connectivity index (χ2v) is 3.65. The average molecular weight is 241 g/mol. The van der Waals surface area contributed by atoms with Crippen LogP contribution in [0, 0.1) is 0 Å². The molecular weight excluding hydrogens is 228 g/mol. The Hall–Kier alpha value is -1.55. The summed E-state index contributed by atoms with van der Waals surface area (Å²) in [6, 6.07) is 6.76. The van der Waals surface area contributed by atoms with Crippen molar-refractivity contribution in [1.82, 2.24) is 5.32 Å². The molecule has 0 saturated carbocycles. The van der Waals surface area contributed by atoms with Gasteiger partial charge in [-0.3, -0.25) is 9.59 Å². The normalized spacial score (nSPS) is 9.81. The van der Waals surface area contributed by atoms with Gasteiger partial charge in [-0.1, -0.05) is 12.1 Å². The Morgan fingerprint density at radius 1 is 1.25 bits per heavy atom. The van der Waals surface area contributed by atoms with Crippen LogP contribution in [0.2, 0.25) is 0 Å². The minimum Gasteiger partial charge on any atom is -0.366 e. The van der Waals surface area contributed by atoms with E-state index in [0.717, 1.165) is 5.56 Å². The molecule has 0 aromatic heterocycles. The molecule has 0 unspecified atom stereocenters. The number of hydrogen-bond acceptors (Lipinski definition) is 2. The van der Waals surface area contributed by atoms with Crippen molar-refractivity contribution in [3.05, 3.63) is 35.4 Å². The van der Waals surface area contributed by atoms with Gasteiger partial charge in [0, 0.05) is 24.4 Å². The van der Waals surface area contributed by atoms with Crippen LogP contribution in [0.15, 0.2) is 24.3 Å². The van der Waals surface area contributed by atoms with E-state index in [2.05, 4.69) is 5.32 Å². The summed E-state index contributed by atoms with van der Waals surface area (Å²) in [6.07, 6.45) is 0.306. The molecule has 1 rings (SSSR count). The zero-order chi connectivity index (χ0) is 12.0. The van der Waals surface area contributed by atoms with E-state index in [-0.39, 0.29) is 5.91 Å². The molecule has 0 spiro atoms.